The van der Waals surface area contributed by atoms with Crippen LogP contribution in [0.4, 0.5) is 0 Å². The molecule has 0 atom stereocenters. The van der Waals surface area contributed by atoms with Crippen LogP contribution >= 0.6 is 0 Å². The number of rotatable bonds is 12. The lowest BCUT2D eigenvalue weighted by molar-refractivity contribution is -0.120. The third kappa shape index (κ3) is 6.71. The van der Waals surface area contributed by atoms with Gasteiger partial charge in [-0.05, 0) is 62.1 Å². The molecule has 1 fully saturated rings. The van der Waals surface area contributed by atoms with Gasteiger partial charge in [0.25, 0.3) is 0 Å². The van der Waals surface area contributed by atoms with Crippen LogP contribution in [0.3, 0.4) is 0 Å². The van der Waals surface area contributed by atoms with Gasteiger partial charge in [0.05, 0.1) is 36.5 Å². The quantitative estimate of drug-likeness (QED) is 0.265. The van der Waals surface area contributed by atoms with Crippen LogP contribution in [0.5, 0.6) is 5.75 Å². The van der Waals surface area contributed by atoms with Crippen molar-refractivity contribution in [2.45, 2.75) is 46.1 Å². The van der Waals surface area contributed by atoms with Crippen LogP contribution < -0.4 is 10.1 Å². The zero-order valence-electron chi connectivity index (χ0n) is 23.7. The molecule has 4 aromatic rings. The van der Waals surface area contributed by atoms with Gasteiger partial charge in [0.15, 0.2) is 0 Å². The van der Waals surface area contributed by atoms with Gasteiger partial charge in [-0.15, -0.1) is 0 Å². The van der Waals surface area contributed by atoms with Gasteiger partial charge in [-0.25, -0.2) is 4.98 Å². The number of benzene rings is 2. The lowest BCUT2D eigenvalue weighted by atomic mass is 10.0. The average molecular weight is 546 g/mol. The second-order valence-corrected chi connectivity index (χ2v) is 10.3. The van der Waals surface area contributed by atoms with Crippen molar-refractivity contribution in [2.75, 3.05) is 46.5 Å². The van der Waals surface area contributed by atoms with Crippen LogP contribution in [0.15, 0.2) is 47.0 Å². The van der Waals surface area contributed by atoms with Gasteiger partial charge in [-0.3, -0.25) is 9.69 Å². The molecule has 9 heteroatoms. The molecule has 40 heavy (non-hydrogen) atoms. The highest BCUT2D eigenvalue weighted by Crippen LogP contribution is 2.30. The number of carbonyl (C=O) groups excluding carboxylic acids is 1. The Morgan fingerprint density at radius 3 is 2.58 bits per heavy atom. The predicted molar refractivity (Wildman–Crippen MR) is 155 cm³/mol. The highest BCUT2D eigenvalue weighted by atomic mass is 16.5. The minimum absolute atomic E-state index is 0.0369. The molecule has 0 saturated carbocycles. The number of carbonyl (C=O) groups is 1. The van der Waals surface area contributed by atoms with Crippen molar-refractivity contribution in [3.8, 4) is 16.9 Å². The number of morpholine rings is 1. The van der Waals surface area contributed by atoms with Crippen molar-refractivity contribution >= 4 is 16.9 Å². The number of amides is 1. The van der Waals surface area contributed by atoms with E-state index in [-0.39, 0.29) is 5.91 Å². The summed E-state index contributed by atoms with van der Waals surface area (Å²) in [5.41, 5.74) is 6.40. The maximum atomic E-state index is 11.4. The largest absolute Gasteiger partial charge is 0.494 e. The number of hydrogen-bond donors (Lipinski definition) is 1. The summed E-state index contributed by atoms with van der Waals surface area (Å²) in [5.74, 6) is 2.77. The second kappa shape index (κ2) is 13.1. The summed E-state index contributed by atoms with van der Waals surface area (Å²) in [6.07, 6.45) is 2.89. The van der Waals surface area contributed by atoms with Gasteiger partial charge in [-0.1, -0.05) is 23.4 Å². The summed E-state index contributed by atoms with van der Waals surface area (Å²) in [6.45, 7) is 9.85. The zero-order chi connectivity index (χ0) is 27.9. The van der Waals surface area contributed by atoms with Gasteiger partial charge in [-0.2, -0.15) is 0 Å². The minimum Gasteiger partial charge on any atom is -0.494 e. The number of ether oxygens (including phenoxy) is 2. The molecule has 9 nitrogen and oxygen atoms in total. The van der Waals surface area contributed by atoms with Crippen molar-refractivity contribution in [3.63, 3.8) is 0 Å². The summed E-state index contributed by atoms with van der Waals surface area (Å²) >= 11 is 0. The van der Waals surface area contributed by atoms with E-state index in [1.807, 2.05) is 26.0 Å². The monoisotopic (exact) mass is 545 g/mol. The van der Waals surface area contributed by atoms with Gasteiger partial charge < -0.3 is 23.9 Å². The maximum Gasteiger partial charge on any atom is 0.219 e. The smallest absolute Gasteiger partial charge is 0.219 e. The van der Waals surface area contributed by atoms with E-state index in [1.54, 1.807) is 7.05 Å². The Bertz CT molecular complexity index is 1400. The first-order chi connectivity index (χ1) is 19.5. The number of aromatic nitrogens is 3. The SMILES string of the molecule is CNC(=O)CCCOc1ccc(CCc2nc3cc(-c4c(C)noc4C)ccc3n2CCN2CCOCC2)cc1. The Morgan fingerprint density at radius 1 is 1.05 bits per heavy atom. The van der Waals surface area contributed by atoms with E-state index in [1.165, 1.54) is 5.56 Å². The van der Waals surface area contributed by atoms with Crippen LogP contribution in [0.1, 0.15) is 35.7 Å². The fourth-order valence-electron chi connectivity index (χ4n) is 5.29. The number of imidazole rings is 1. The molecular formula is C31H39N5O4. The van der Waals surface area contributed by atoms with E-state index in [4.69, 9.17) is 19.0 Å². The molecule has 3 heterocycles. The number of fused-ring (bicyclic) bond motifs is 1. The first-order valence-corrected chi connectivity index (χ1v) is 14.2. The van der Waals surface area contributed by atoms with E-state index in [0.717, 1.165) is 97.4 Å². The third-order valence-electron chi connectivity index (χ3n) is 7.55. The first-order valence-electron chi connectivity index (χ1n) is 14.2. The predicted octanol–water partition coefficient (Wildman–Crippen LogP) is 4.33. The number of nitrogens with zero attached hydrogens (tertiary/aromatic N) is 4. The highest BCUT2D eigenvalue weighted by Gasteiger charge is 2.17. The lowest BCUT2D eigenvalue weighted by Crippen LogP contribution is -2.38. The Balaban J connectivity index is 1.30. The summed E-state index contributed by atoms with van der Waals surface area (Å²) in [6, 6.07) is 14.7. The maximum absolute atomic E-state index is 11.4. The molecular weight excluding hydrogens is 506 g/mol. The van der Waals surface area contributed by atoms with Crippen LogP contribution in [0.2, 0.25) is 0 Å². The molecule has 212 valence electrons. The summed E-state index contributed by atoms with van der Waals surface area (Å²) in [7, 11) is 1.65. The molecule has 1 N–H and O–H groups in total. The summed E-state index contributed by atoms with van der Waals surface area (Å²) in [5, 5.41) is 6.77. The van der Waals surface area contributed by atoms with E-state index in [0.29, 0.717) is 19.4 Å². The molecule has 1 aliphatic rings. The molecule has 5 rings (SSSR count). The topological polar surface area (TPSA) is 94.7 Å². The van der Waals surface area contributed by atoms with Crippen LogP contribution in [-0.2, 0) is 28.9 Å². The van der Waals surface area contributed by atoms with E-state index in [9.17, 15) is 4.79 Å². The van der Waals surface area contributed by atoms with Crippen molar-refractivity contribution in [3.05, 3.63) is 65.3 Å². The van der Waals surface area contributed by atoms with Crippen LogP contribution in [-0.4, -0.2) is 72.0 Å². The number of hydrogen-bond acceptors (Lipinski definition) is 7. The molecule has 1 amide bonds. The van der Waals surface area contributed by atoms with Gasteiger partial charge in [0, 0.05) is 51.6 Å². The minimum atomic E-state index is 0.0369. The molecule has 1 saturated heterocycles. The fraction of sp³-hybridized carbons (Fsp3) is 0.452. The van der Waals surface area contributed by atoms with Gasteiger partial charge in [0.2, 0.25) is 5.91 Å². The Kier molecular flexibility index (Phi) is 9.13. The molecule has 0 unspecified atom stereocenters. The lowest BCUT2D eigenvalue weighted by Gasteiger charge is -2.27. The molecule has 2 aromatic carbocycles. The summed E-state index contributed by atoms with van der Waals surface area (Å²) in [4.78, 5) is 19.0. The number of nitrogens with one attached hydrogen (secondary N) is 1. The number of aryl methyl sites for hydroxylation is 4. The van der Waals surface area contributed by atoms with E-state index >= 15 is 0 Å². The first kappa shape index (κ1) is 27.9. The Labute approximate surface area is 235 Å². The molecule has 1 aliphatic heterocycles. The fourth-order valence-corrected chi connectivity index (χ4v) is 5.29. The standard InChI is InChI=1S/C31H39N5O4/c1-22-31(23(2)40-34-22)25-9-12-28-27(21-25)33-29(36(28)15-14-35-16-19-38-20-17-35)13-8-24-6-10-26(11-7-24)39-18-4-5-30(37)32-3/h6-7,9-12,21H,4-5,8,13-20H2,1-3H3,(H,32,37). The van der Waals surface area contributed by atoms with Gasteiger partial charge >= 0.3 is 0 Å². The third-order valence-corrected chi connectivity index (χ3v) is 7.55. The van der Waals surface area contributed by atoms with Crippen molar-refractivity contribution in [2.24, 2.45) is 0 Å². The zero-order valence-corrected chi connectivity index (χ0v) is 23.7. The molecule has 0 aliphatic carbocycles. The molecule has 0 radical (unpaired) electrons. The molecule has 0 spiro atoms. The molecule has 2 aromatic heterocycles. The van der Waals surface area contributed by atoms with Crippen molar-refractivity contribution in [1.82, 2.24) is 24.9 Å². The molecule has 0 bridgehead atoms. The van der Waals surface area contributed by atoms with Gasteiger partial charge in [0.1, 0.15) is 17.3 Å². The van der Waals surface area contributed by atoms with E-state index in [2.05, 4.69) is 50.3 Å². The Hall–Kier alpha value is -3.69. The van der Waals surface area contributed by atoms with Crippen LogP contribution in [0.25, 0.3) is 22.2 Å². The average Bonchev–Trinajstić information content (AvgIpc) is 3.51. The van der Waals surface area contributed by atoms with Crippen molar-refractivity contribution in [1.29, 1.82) is 0 Å². The second-order valence-electron chi connectivity index (χ2n) is 10.3. The normalized spacial score (nSPS) is 14.1. The highest BCUT2D eigenvalue weighted by molar-refractivity contribution is 5.83. The van der Waals surface area contributed by atoms with Crippen LogP contribution in [0, 0.1) is 13.8 Å². The Morgan fingerprint density at radius 2 is 1.85 bits per heavy atom. The van der Waals surface area contributed by atoms with E-state index < -0.39 is 0 Å². The van der Waals surface area contributed by atoms with Crippen molar-refractivity contribution < 1.29 is 18.8 Å². The summed E-state index contributed by atoms with van der Waals surface area (Å²) < 4.78 is 19.1.